The quantitative estimate of drug-likeness (QED) is 0.306. The van der Waals surface area contributed by atoms with E-state index in [0.29, 0.717) is 13.1 Å². The first-order chi connectivity index (χ1) is 11.4. The average Bonchev–Trinajstić information content (AvgIpc) is 2.55. The fourth-order valence-corrected chi connectivity index (χ4v) is 2.68. The minimum Gasteiger partial charge on any atom is -0.368 e. The highest BCUT2D eigenvalue weighted by Gasteiger charge is 2.33. The molecule has 0 radical (unpaired) electrons. The van der Waals surface area contributed by atoms with Gasteiger partial charge in [0.15, 0.2) is 5.96 Å². The van der Waals surface area contributed by atoms with Gasteiger partial charge in [0.2, 0.25) is 0 Å². The lowest BCUT2D eigenvalue weighted by Gasteiger charge is -2.32. The molecule has 9 heteroatoms. The zero-order chi connectivity index (χ0) is 17.6. The Hall–Kier alpha value is -1.26. The van der Waals surface area contributed by atoms with Crippen molar-refractivity contribution in [3.63, 3.8) is 0 Å². The summed E-state index contributed by atoms with van der Waals surface area (Å²) in [6.45, 7) is 4.93. The Morgan fingerprint density at radius 3 is 2.60 bits per heavy atom. The van der Waals surface area contributed by atoms with Gasteiger partial charge in [0.1, 0.15) is 5.82 Å². The Morgan fingerprint density at radius 1 is 1.32 bits per heavy atom. The number of nitrogens with one attached hydrogen (secondary N) is 2. The van der Waals surface area contributed by atoms with Gasteiger partial charge in [0.05, 0.1) is 5.56 Å². The van der Waals surface area contributed by atoms with Gasteiger partial charge in [-0.2, -0.15) is 13.2 Å². The second-order valence-corrected chi connectivity index (χ2v) is 5.97. The first kappa shape index (κ1) is 21.8. The predicted molar refractivity (Wildman–Crippen MR) is 104 cm³/mol. The molecule has 0 bridgehead atoms. The molecule has 0 atom stereocenters. The first-order valence-electron chi connectivity index (χ1n) is 8.13. The maximum atomic E-state index is 12.9. The molecule has 1 aliphatic rings. The molecule has 1 saturated heterocycles. The van der Waals surface area contributed by atoms with E-state index in [4.69, 9.17) is 0 Å². The standard InChI is InChI=1S/C16H24F3N5.HI/c1-12-5-10-24(11-6-12)15(20-2)23-9-8-22-14-13(16(17,18)19)4-3-7-21-14;/h3-4,7,12H,5-6,8-11H2,1-2H3,(H,20,23)(H,21,22);1H. The summed E-state index contributed by atoms with van der Waals surface area (Å²) in [5.41, 5.74) is -0.751. The zero-order valence-electron chi connectivity index (χ0n) is 14.4. The number of likely N-dealkylation sites (tertiary alicyclic amines) is 1. The topological polar surface area (TPSA) is 52.6 Å². The SMILES string of the molecule is CN=C(NCCNc1ncccc1C(F)(F)F)N1CCC(C)CC1.I. The van der Waals surface area contributed by atoms with E-state index in [9.17, 15) is 13.2 Å². The second kappa shape index (κ2) is 10.0. The van der Waals surface area contributed by atoms with Crippen LogP contribution in [0.4, 0.5) is 19.0 Å². The Morgan fingerprint density at radius 2 is 2.00 bits per heavy atom. The summed E-state index contributed by atoms with van der Waals surface area (Å²) < 4.78 is 38.7. The number of alkyl halides is 3. The van der Waals surface area contributed by atoms with Crippen molar-refractivity contribution in [3.8, 4) is 0 Å². The molecular formula is C16H25F3IN5. The van der Waals surface area contributed by atoms with Crippen molar-refractivity contribution in [3.05, 3.63) is 23.9 Å². The largest absolute Gasteiger partial charge is 0.419 e. The number of pyridine rings is 1. The second-order valence-electron chi connectivity index (χ2n) is 5.97. The molecular weight excluding hydrogens is 446 g/mol. The minimum atomic E-state index is -4.41. The van der Waals surface area contributed by atoms with Gasteiger partial charge in [-0.25, -0.2) is 4.98 Å². The Bertz CT molecular complexity index is 557. The van der Waals surface area contributed by atoms with Crippen LogP contribution in [0, 0.1) is 5.92 Å². The van der Waals surface area contributed by atoms with Gasteiger partial charge in [-0.05, 0) is 30.9 Å². The number of aromatic nitrogens is 1. The Kier molecular flexibility index (Phi) is 8.74. The third-order valence-corrected chi connectivity index (χ3v) is 4.11. The number of rotatable bonds is 4. The molecule has 0 aliphatic carbocycles. The lowest BCUT2D eigenvalue weighted by Crippen LogP contribution is -2.46. The van der Waals surface area contributed by atoms with Crippen LogP contribution in [0.25, 0.3) is 0 Å². The van der Waals surface area contributed by atoms with Crippen molar-refractivity contribution < 1.29 is 13.2 Å². The molecule has 25 heavy (non-hydrogen) atoms. The summed E-state index contributed by atoms with van der Waals surface area (Å²) >= 11 is 0. The van der Waals surface area contributed by atoms with Crippen LogP contribution in [0.15, 0.2) is 23.3 Å². The summed E-state index contributed by atoms with van der Waals surface area (Å²) in [4.78, 5) is 10.2. The molecule has 5 nitrogen and oxygen atoms in total. The van der Waals surface area contributed by atoms with E-state index in [1.54, 1.807) is 7.05 Å². The highest BCUT2D eigenvalue weighted by atomic mass is 127. The van der Waals surface area contributed by atoms with E-state index in [-0.39, 0.29) is 29.8 Å². The Balaban J connectivity index is 0.00000312. The molecule has 142 valence electrons. The lowest BCUT2D eigenvalue weighted by molar-refractivity contribution is -0.137. The number of aliphatic imine (C=N–C) groups is 1. The van der Waals surface area contributed by atoms with E-state index in [0.717, 1.165) is 43.9 Å². The summed E-state index contributed by atoms with van der Waals surface area (Å²) in [5.74, 6) is 1.38. The van der Waals surface area contributed by atoms with Crippen molar-refractivity contribution in [2.45, 2.75) is 25.9 Å². The van der Waals surface area contributed by atoms with Gasteiger partial charge < -0.3 is 15.5 Å². The molecule has 1 fully saturated rings. The van der Waals surface area contributed by atoms with E-state index in [1.807, 2.05) is 0 Å². The van der Waals surface area contributed by atoms with Crippen LogP contribution in [0.1, 0.15) is 25.3 Å². The zero-order valence-corrected chi connectivity index (χ0v) is 16.8. The van der Waals surface area contributed by atoms with E-state index in [2.05, 4.69) is 32.4 Å². The number of hydrogen-bond acceptors (Lipinski definition) is 3. The van der Waals surface area contributed by atoms with E-state index >= 15 is 0 Å². The molecule has 2 rings (SSSR count). The highest BCUT2D eigenvalue weighted by molar-refractivity contribution is 14.0. The number of halogens is 4. The number of nitrogens with zero attached hydrogens (tertiary/aromatic N) is 3. The first-order valence-corrected chi connectivity index (χ1v) is 8.13. The van der Waals surface area contributed by atoms with Crippen molar-refractivity contribution >= 4 is 35.8 Å². The fourth-order valence-electron chi connectivity index (χ4n) is 2.68. The van der Waals surface area contributed by atoms with Gasteiger partial charge in [-0.1, -0.05) is 6.92 Å². The third-order valence-electron chi connectivity index (χ3n) is 4.11. The molecule has 2 heterocycles. The van der Waals surface area contributed by atoms with Crippen LogP contribution in [0.5, 0.6) is 0 Å². The predicted octanol–water partition coefficient (Wildman–Crippen LogP) is 3.44. The summed E-state index contributed by atoms with van der Waals surface area (Å²) in [7, 11) is 1.72. The van der Waals surface area contributed by atoms with Gasteiger partial charge in [0.25, 0.3) is 0 Å². The summed E-state index contributed by atoms with van der Waals surface area (Å²) in [5, 5.41) is 5.93. The Labute approximate surface area is 163 Å². The van der Waals surface area contributed by atoms with Crippen LogP contribution in [-0.4, -0.2) is 49.1 Å². The number of piperidine rings is 1. The van der Waals surface area contributed by atoms with Crippen LogP contribution >= 0.6 is 24.0 Å². The molecule has 1 aromatic heterocycles. The molecule has 1 aliphatic heterocycles. The van der Waals surface area contributed by atoms with E-state index < -0.39 is 11.7 Å². The van der Waals surface area contributed by atoms with Crippen molar-refractivity contribution in [2.75, 3.05) is 38.5 Å². The van der Waals surface area contributed by atoms with Gasteiger partial charge in [-0.3, -0.25) is 4.99 Å². The minimum absolute atomic E-state index is 0. The summed E-state index contributed by atoms with van der Waals surface area (Å²) in [6.07, 6.45) is -0.812. The smallest absolute Gasteiger partial charge is 0.368 e. The number of hydrogen-bond donors (Lipinski definition) is 2. The molecule has 0 spiro atoms. The monoisotopic (exact) mass is 471 g/mol. The molecule has 2 N–H and O–H groups in total. The molecule has 0 amide bonds. The van der Waals surface area contributed by atoms with Crippen LogP contribution < -0.4 is 10.6 Å². The molecule has 0 unspecified atom stereocenters. The lowest BCUT2D eigenvalue weighted by atomic mass is 10.00. The summed E-state index contributed by atoms with van der Waals surface area (Å²) in [6, 6.07) is 2.31. The highest BCUT2D eigenvalue weighted by Crippen LogP contribution is 2.33. The normalized spacial score (nSPS) is 16.4. The van der Waals surface area contributed by atoms with Crippen LogP contribution in [-0.2, 0) is 6.18 Å². The van der Waals surface area contributed by atoms with E-state index in [1.165, 1.54) is 12.3 Å². The van der Waals surface area contributed by atoms with Crippen molar-refractivity contribution in [2.24, 2.45) is 10.9 Å². The van der Waals surface area contributed by atoms with Crippen LogP contribution in [0.3, 0.4) is 0 Å². The van der Waals surface area contributed by atoms with Gasteiger partial charge in [-0.15, -0.1) is 24.0 Å². The third kappa shape index (κ3) is 6.52. The molecule has 1 aromatic rings. The number of guanidine groups is 1. The molecule has 0 saturated carbocycles. The fraction of sp³-hybridized carbons (Fsp3) is 0.625. The maximum Gasteiger partial charge on any atom is 0.419 e. The van der Waals surface area contributed by atoms with Crippen LogP contribution in [0.2, 0.25) is 0 Å². The van der Waals surface area contributed by atoms with Gasteiger partial charge in [0, 0.05) is 39.4 Å². The van der Waals surface area contributed by atoms with Gasteiger partial charge >= 0.3 is 6.18 Å². The maximum absolute atomic E-state index is 12.9. The number of anilines is 1. The van der Waals surface area contributed by atoms with Crippen molar-refractivity contribution in [1.82, 2.24) is 15.2 Å². The molecule has 0 aromatic carbocycles. The van der Waals surface area contributed by atoms with Crippen molar-refractivity contribution in [1.29, 1.82) is 0 Å². The average molecular weight is 471 g/mol.